The first-order valence-corrected chi connectivity index (χ1v) is 10.2. The molecule has 158 valence electrons. The quantitative estimate of drug-likeness (QED) is 0.690. The van der Waals surface area contributed by atoms with Crippen molar-refractivity contribution >= 4 is 29.2 Å². The number of fused-ring (bicyclic) bond motifs is 1. The van der Waals surface area contributed by atoms with Gasteiger partial charge in [0.05, 0.1) is 29.1 Å². The maximum Gasteiger partial charge on any atom is 0.417 e. The van der Waals surface area contributed by atoms with Crippen molar-refractivity contribution in [1.29, 1.82) is 0 Å². The summed E-state index contributed by atoms with van der Waals surface area (Å²) in [6.45, 7) is 2.39. The van der Waals surface area contributed by atoms with E-state index in [2.05, 4.69) is 4.98 Å². The van der Waals surface area contributed by atoms with Crippen LogP contribution in [0.1, 0.15) is 31.2 Å². The van der Waals surface area contributed by atoms with Crippen LogP contribution in [0.25, 0.3) is 0 Å². The second-order valence-electron chi connectivity index (χ2n) is 7.88. The average Bonchev–Trinajstić information content (AvgIpc) is 2.93. The van der Waals surface area contributed by atoms with Gasteiger partial charge >= 0.3 is 6.18 Å². The molecular formula is C19H22ClF3N4O2. The van der Waals surface area contributed by atoms with Crippen molar-refractivity contribution in [2.75, 3.05) is 37.7 Å². The number of pyridine rings is 1. The van der Waals surface area contributed by atoms with Gasteiger partial charge in [0, 0.05) is 32.4 Å². The molecule has 6 nitrogen and oxygen atoms in total. The fraction of sp³-hybridized carbons (Fsp3) is 0.632. The minimum Gasteiger partial charge on any atom is -0.353 e. The monoisotopic (exact) mass is 430 g/mol. The lowest BCUT2D eigenvalue weighted by molar-refractivity contribution is -0.142. The first-order chi connectivity index (χ1) is 13.8. The summed E-state index contributed by atoms with van der Waals surface area (Å²) >= 11 is 6.04. The lowest BCUT2D eigenvalue weighted by atomic mass is 9.81. The van der Waals surface area contributed by atoms with Crippen LogP contribution in [0, 0.1) is 11.8 Å². The summed E-state index contributed by atoms with van der Waals surface area (Å²) in [5, 5.41) is -0.0396. The number of likely N-dealkylation sites (tertiary alicyclic amines) is 1. The predicted octanol–water partition coefficient (Wildman–Crippen LogP) is 3.01. The number of anilines is 1. The number of imide groups is 1. The maximum absolute atomic E-state index is 12.8. The Labute approximate surface area is 171 Å². The van der Waals surface area contributed by atoms with Crippen molar-refractivity contribution in [3.05, 3.63) is 22.8 Å². The standard InChI is InChI=1S/C19H22ClF3N4O2/c20-15-9-12(19(21,22)23)10-24-16(15)26-7-5-25(6-8-26)11-27-17(28)13-3-1-2-4-14(13)18(27)29/h9-10,13-14H,1-8,11H2. The summed E-state index contributed by atoms with van der Waals surface area (Å²) in [5.74, 6) is -0.122. The average molecular weight is 431 g/mol. The number of amides is 2. The van der Waals surface area contributed by atoms with Gasteiger partial charge in [-0.15, -0.1) is 0 Å². The number of piperazine rings is 1. The molecule has 29 heavy (non-hydrogen) atoms. The number of nitrogens with zero attached hydrogens (tertiary/aromatic N) is 4. The van der Waals surface area contributed by atoms with Crippen molar-refractivity contribution in [1.82, 2.24) is 14.8 Å². The molecule has 4 rings (SSSR count). The van der Waals surface area contributed by atoms with E-state index in [9.17, 15) is 22.8 Å². The van der Waals surface area contributed by atoms with Gasteiger partial charge in [-0.25, -0.2) is 4.98 Å². The van der Waals surface area contributed by atoms with Crippen LogP contribution >= 0.6 is 11.6 Å². The van der Waals surface area contributed by atoms with Crippen LogP contribution in [-0.2, 0) is 15.8 Å². The van der Waals surface area contributed by atoms with Gasteiger partial charge in [-0.1, -0.05) is 24.4 Å². The molecule has 0 aromatic carbocycles. The fourth-order valence-corrected chi connectivity index (χ4v) is 4.78. The number of carbonyl (C=O) groups excluding carboxylic acids is 2. The Kier molecular flexibility index (Phi) is 5.46. The molecule has 2 aliphatic heterocycles. The third-order valence-electron chi connectivity index (χ3n) is 6.09. The molecule has 1 aromatic heterocycles. The summed E-state index contributed by atoms with van der Waals surface area (Å²) in [7, 11) is 0. The molecule has 10 heteroatoms. The Morgan fingerprint density at radius 2 is 1.62 bits per heavy atom. The molecule has 3 fully saturated rings. The molecule has 2 saturated heterocycles. The molecule has 3 aliphatic rings. The first kappa shape index (κ1) is 20.4. The van der Waals surface area contributed by atoms with Crippen LogP contribution in [0.2, 0.25) is 5.02 Å². The summed E-state index contributed by atoms with van der Waals surface area (Å²) in [6, 6.07) is 0.888. The van der Waals surface area contributed by atoms with Gasteiger partial charge in [0.15, 0.2) is 0 Å². The topological polar surface area (TPSA) is 56.8 Å². The molecule has 2 unspecified atom stereocenters. The van der Waals surface area contributed by atoms with Gasteiger partial charge in [-0.05, 0) is 18.9 Å². The highest BCUT2D eigenvalue weighted by Gasteiger charge is 2.48. The third-order valence-corrected chi connectivity index (χ3v) is 6.37. The van der Waals surface area contributed by atoms with Crippen molar-refractivity contribution in [2.45, 2.75) is 31.9 Å². The summed E-state index contributed by atoms with van der Waals surface area (Å²) in [4.78, 5) is 34.4. The normalized spacial score (nSPS) is 26.2. The Hall–Kier alpha value is -1.87. The van der Waals surface area contributed by atoms with Gasteiger partial charge < -0.3 is 4.90 Å². The zero-order valence-electron chi connectivity index (χ0n) is 15.8. The van der Waals surface area contributed by atoms with E-state index in [1.54, 1.807) is 0 Å². The summed E-state index contributed by atoms with van der Waals surface area (Å²) in [5.41, 5.74) is -0.877. The molecule has 1 aliphatic carbocycles. The minimum absolute atomic E-state index is 0.0396. The minimum atomic E-state index is -4.49. The Balaban J connectivity index is 1.36. The van der Waals surface area contributed by atoms with E-state index in [4.69, 9.17) is 11.6 Å². The zero-order chi connectivity index (χ0) is 20.8. The lowest BCUT2D eigenvalue weighted by Crippen LogP contribution is -2.51. The van der Waals surface area contributed by atoms with Crippen molar-refractivity contribution in [3.8, 4) is 0 Å². The highest BCUT2D eigenvalue weighted by molar-refractivity contribution is 6.33. The molecule has 0 radical (unpaired) electrons. The smallest absolute Gasteiger partial charge is 0.353 e. The fourth-order valence-electron chi connectivity index (χ4n) is 4.49. The van der Waals surface area contributed by atoms with Crippen LogP contribution < -0.4 is 4.90 Å². The molecule has 3 heterocycles. The van der Waals surface area contributed by atoms with Crippen molar-refractivity contribution in [2.24, 2.45) is 11.8 Å². The van der Waals surface area contributed by atoms with Crippen LogP contribution in [0.4, 0.5) is 19.0 Å². The van der Waals surface area contributed by atoms with Gasteiger partial charge in [-0.2, -0.15) is 13.2 Å². The third kappa shape index (κ3) is 3.94. The highest BCUT2D eigenvalue weighted by Crippen LogP contribution is 2.38. The molecule has 1 saturated carbocycles. The first-order valence-electron chi connectivity index (χ1n) is 9.81. The Morgan fingerprint density at radius 1 is 1.03 bits per heavy atom. The summed E-state index contributed by atoms with van der Waals surface area (Å²) < 4.78 is 38.3. The number of alkyl halides is 3. The number of hydrogen-bond acceptors (Lipinski definition) is 5. The number of carbonyl (C=O) groups is 2. The Morgan fingerprint density at radius 3 is 2.14 bits per heavy atom. The van der Waals surface area contributed by atoms with Gasteiger partial charge in [0.1, 0.15) is 5.82 Å². The molecule has 1 aromatic rings. The van der Waals surface area contributed by atoms with Crippen molar-refractivity contribution < 1.29 is 22.8 Å². The van der Waals surface area contributed by atoms with Crippen molar-refractivity contribution in [3.63, 3.8) is 0 Å². The number of aromatic nitrogens is 1. The molecule has 0 spiro atoms. The van der Waals surface area contributed by atoms with E-state index < -0.39 is 11.7 Å². The van der Waals surface area contributed by atoms with Gasteiger partial charge in [-0.3, -0.25) is 19.4 Å². The molecular weight excluding hydrogens is 409 g/mol. The van der Waals surface area contributed by atoms with Crippen LogP contribution in [0.5, 0.6) is 0 Å². The molecule has 0 N–H and O–H groups in total. The second-order valence-corrected chi connectivity index (χ2v) is 8.28. The summed E-state index contributed by atoms with van der Waals surface area (Å²) in [6.07, 6.45) is -0.132. The zero-order valence-corrected chi connectivity index (χ0v) is 16.5. The SMILES string of the molecule is O=C1C2CCCCC2C(=O)N1CN1CCN(c2ncc(C(F)(F)F)cc2Cl)CC1. The number of hydrogen-bond donors (Lipinski definition) is 0. The van der Waals surface area contributed by atoms with E-state index in [0.717, 1.165) is 37.9 Å². The van der Waals surface area contributed by atoms with Crippen LogP contribution in [0.15, 0.2) is 12.3 Å². The number of rotatable bonds is 3. The van der Waals surface area contributed by atoms with E-state index in [0.29, 0.717) is 32.0 Å². The van der Waals surface area contributed by atoms with E-state index >= 15 is 0 Å². The molecule has 2 atom stereocenters. The van der Waals surface area contributed by atoms with E-state index in [-0.39, 0.29) is 35.3 Å². The van der Waals surface area contributed by atoms with Gasteiger partial charge in [0.25, 0.3) is 0 Å². The molecule has 0 bridgehead atoms. The second kappa shape index (κ2) is 7.75. The predicted molar refractivity (Wildman–Crippen MR) is 100 cm³/mol. The van der Waals surface area contributed by atoms with E-state index in [1.165, 1.54) is 4.90 Å². The van der Waals surface area contributed by atoms with Crippen LogP contribution in [0.3, 0.4) is 0 Å². The van der Waals surface area contributed by atoms with Crippen LogP contribution in [-0.4, -0.2) is 59.4 Å². The number of halogens is 4. The lowest BCUT2D eigenvalue weighted by Gasteiger charge is -2.37. The Bertz CT molecular complexity index is 787. The van der Waals surface area contributed by atoms with E-state index in [1.807, 2.05) is 9.80 Å². The molecule has 2 amide bonds. The maximum atomic E-state index is 12.8. The highest BCUT2D eigenvalue weighted by atomic mass is 35.5. The van der Waals surface area contributed by atoms with Gasteiger partial charge in [0.2, 0.25) is 11.8 Å². The largest absolute Gasteiger partial charge is 0.417 e.